The third kappa shape index (κ3) is 4.20. The molecule has 0 spiro atoms. The van der Waals surface area contributed by atoms with Gasteiger partial charge in [0, 0.05) is 18.9 Å². The van der Waals surface area contributed by atoms with Crippen molar-refractivity contribution in [2.75, 3.05) is 18.5 Å². The van der Waals surface area contributed by atoms with E-state index < -0.39 is 6.04 Å². The van der Waals surface area contributed by atoms with Crippen molar-refractivity contribution in [3.8, 4) is 0 Å². The summed E-state index contributed by atoms with van der Waals surface area (Å²) in [5.74, 6) is 0.123. The van der Waals surface area contributed by atoms with Crippen molar-refractivity contribution in [3.63, 3.8) is 0 Å². The minimum Gasteiger partial charge on any atom is -0.381 e. The first-order chi connectivity index (χ1) is 9.08. The zero-order valence-corrected chi connectivity index (χ0v) is 12.8. The van der Waals surface area contributed by atoms with E-state index in [1.807, 2.05) is 26.0 Å². The molecule has 20 heavy (non-hydrogen) atoms. The normalized spacial score (nSPS) is 17.1. The van der Waals surface area contributed by atoms with Gasteiger partial charge < -0.3 is 15.8 Å². The average Bonchev–Trinajstić information content (AvgIpc) is 2.42. The Morgan fingerprint density at radius 2 is 2.00 bits per heavy atom. The van der Waals surface area contributed by atoms with E-state index in [-0.39, 0.29) is 24.2 Å². The Kier molecular flexibility index (Phi) is 6.46. The number of hydrogen-bond acceptors (Lipinski definition) is 3. The molecule has 0 radical (unpaired) electrons. The molecule has 0 saturated carbocycles. The highest BCUT2D eigenvalue weighted by atomic mass is 35.5. The molecule has 5 heteroatoms. The maximum Gasteiger partial charge on any atom is 0.241 e. The van der Waals surface area contributed by atoms with Gasteiger partial charge in [-0.1, -0.05) is 17.7 Å². The van der Waals surface area contributed by atoms with Gasteiger partial charge in [0.25, 0.3) is 0 Å². The first-order valence-electron chi connectivity index (χ1n) is 6.79. The van der Waals surface area contributed by atoms with E-state index in [0.717, 1.165) is 24.1 Å². The molecule has 1 fully saturated rings. The van der Waals surface area contributed by atoms with Gasteiger partial charge in [-0.3, -0.25) is 4.79 Å². The van der Waals surface area contributed by atoms with Crippen LogP contribution in [0.4, 0.5) is 5.69 Å². The van der Waals surface area contributed by atoms with Gasteiger partial charge in [0.1, 0.15) is 0 Å². The minimum absolute atomic E-state index is 0. The number of benzene rings is 1. The van der Waals surface area contributed by atoms with Crippen LogP contribution in [0.1, 0.15) is 24.0 Å². The number of anilines is 1. The maximum atomic E-state index is 12.2. The van der Waals surface area contributed by atoms with E-state index in [1.54, 1.807) is 0 Å². The molecule has 1 amide bonds. The molecule has 1 saturated heterocycles. The van der Waals surface area contributed by atoms with Crippen molar-refractivity contribution in [2.45, 2.75) is 32.7 Å². The summed E-state index contributed by atoms with van der Waals surface area (Å²) in [7, 11) is 0. The summed E-state index contributed by atoms with van der Waals surface area (Å²) in [6, 6.07) is 5.52. The first-order valence-corrected chi connectivity index (χ1v) is 6.79. The number of amides is 1. The predicted molar refractivity (Wildman–Crippen MR) is 83.3 cm³/mol. The quantitative estimate of drug-likeness (QED) is 0.901. The van der Waals surface area contributed by atoms with Crippen LogP contribution in [-0.4, -0.2) is 25.2 Å². The van der Waals surface area contributed by atoms with Crippen molar-refractivity contribution < 1.29 is 9.53 Å². The van der Waals surface area contributed by atoms with Gasteiger partial charge in [0.05, 0.1) is 6.04 Å². The Morgan fingerprint density at radius 1 is 1.35 bits per heavy atom. The number of carbonyl (C=O) groups is 1. The number of halogens is 1. The summed E-state index contributed by atoms with van der Waals surface area (Å²) in [5.41, 5.74) is 9.14. The van der Waals surface area contributed by atoms with E-state index in [2.05, 4.69) is 11.4 Å². The Hall–Kier alpha value is -1.10. The second kappa shape index (κ2) is 7.62. The highest BCUT2D eigenvalue weighted by molar-refractivity contribution is 5.95. The Balaban J connectivity index is 0.00000200. The average molecular weight is 299 g/mol. The molecular weight excluding hydrogens is 276 g/mol. The van der Waals surface area contributed by atoms with Gasteiger partial charge in [-0.2, -0.15) is 0 Å². The lowest BCUT2D eigenvalue weighted by atomic mass is 9.92. The molecule has 3 N–H and O–H groups in total. The molecule has 1 aliphatic heterocycles. The van der Waals surface area contributed by atoms with Gasteiger partial charge in [-0.15, -0.1) is 12.4 Å². The summed E-state index contributed by atoms with van der Waals surface area (Å²) in [6.45, 7) is 5.43. The van der Waals surface area contributed by atoms with E-state index >= 15 is 0 Å². The number of nitrogens with one attached hydrogen (secondary N) is 1. The summed E-state index contributed by atoms with van der Waals surface area (Å²) in [5, 5.41) is 2.93. The van der Waals surface area contributed by atoms with Gasteiger partial charge >= 0.3 is 0 Å². The minimum atomic E-state index is -0.454. The molecule has 0 bridgehead atoms. The molecule has 1 atom stereocenters. The molecule has 4 nitrogen and oxygen atoms in total. The zero-order chi connectivity index (χ0) is 13.8. The molecule has 2 rings (SSSR count). The van der Waals surface area contributed by atoms with Crippen LogP contribution in [0, 0.1) is 19.8 Å². The fraction of sp³-hybridized carbons (Fsp3) is 0.533. The highest BCUT2D eigenvalue weighted by Gasteiger charge is 2.26. The van der Waals surface area contributed by atoms with Crippen LogP contribution in [0.3, 0.4) is 0 Å². The van der Waals surface area contributed by atoms with Crippen molar-refractivity contribution >= 4 is 24.0 Å². The van der Waals surface area contributed by atoms with Crippen molar-refractivity contribution in [2.24, 2.45) is 11.7 Å². The van der Waals surface area contributed by atoms with Crippen LogP contribution in [0.25, 0.3) is 0 Å². The standard InChI is InChI=1S/C15H22N2O2.ClH/c1-10-3-4-13(11(2)9-10)17-15(18)14(16)12-5-7-19-8-6-12;/h3-4,9,12,14H,5-8,16H2,1-2H3,(H,17,18);1H. The molecule has 1 aromatic rings. The second-order valence-electron chi connectivity index (χ2n) is 5.28. The number of ether oxygens (including phenoxy) is 1. The van der Waals surface area contributed by atoms with Crippen LogP contribution < -0.4 is 11.1 Å². The summed E-state index contributed by atoms with van der Waals surface area (Å²) < 4.78 is 5.29. The Morgan fingerprint density at radius 3 is 2.60 bits per heavy atom. The third-order valence-corrected chi connectivity index (χ3v) is 3.72. The van der Waals surface area contributed by atoms with Gasteiger partial charge in [-0.05, 0) is 44.2 Å². The van der Waals surface area contributed by atoms with Crippen LogP contribution in [0.5, 0.6) is 0 Å². The summed E-state index contributed by atoms with van der Waals surface area (Å²) in [4.78, 5) is 12.2. The van der Waals surface area contributed by atoms with Crippen LogP contribution >= 0.6 is 12.4 Å². The van der Waals surface area contributed by atoms with Gasteiger partial charge in [-0.25, -0.2) is 0 Å². The number of hydrogen-bond donors (Lipinski definition) is 2. The van der Waals surface area contributed by atoms with Crippen LogP contribution in [0.2, 0.25) is 0 Å². The number of carbonyl (C=O) groups excluding carboxylic acids is 1. The lowest BCUT2D eigenvalue weighted by Gasteiger charge is -2.27. The largest absolute Gasteiger partial charge is 0.381 e. The van der Waals surface area contributed by atoms with Gasteiger partial charge in [0.15, 0.2) is 0 Å². The smallest absolute Gasteiger partial charge is 0.241 e. The second-order valence-corrected chi connectivity index (χ2v) is 5.28. The fourth-order valence-electron chi connectivity index (χ4n) is 2.46. The monoisotopic (exact) mass is 298 g/mol. The topological polar surface area (TPSA) is 64.4 Å². The Labute approximate surface area is 126 Å². The summed E-state index contributed by atoms with van der Waals surface area (Å²) in [6.07, 6.45) is 1.73. The van der Waals surface area contributed by atoms with E-state index in [4.69, 9.17) is 10.5 Å². The SMILES string of the molecule is Cc1ccc(NC(=O)C(N)C2CCOCC2)c(C)c1.Cl. The predicted octanol–water partition coefficient (Wildman–Crippen LogP) is 2.42. The maximum absolute atomic E-state index is 12.2. The van der Waals surface area contributed by atoms with Crippen molar-refractivity contribution in [3.05, 3.63) is 29.3 Å². The van der Waals surface area contributed by atoms with E-state index in [0.29, 0.717) is 13.2 Å². The molecule has 1 aliphatic rings. The molecule has 1 aromatic carbocycles. The van der Waals surface area contributed by atoms with Crippen molar-refractivity contribution in [1.29, 1.82) is 0 Å². The van der Waals surface area contributed by atoms with Crippen LogP contribution in [0.15, 0.2) is 18.2 Å². The molecule has 0 aliphatic carbocycles. The molecule has 112 valence electrons. The Bertz CT molecular complexity index is 459. The third-order valence-electron chi connectivity index (χ3n) is 3.72. The lowest BCUT2D eigenvalue weighted by molar-refractivity contribution is -0.119. The molecule has 1 unspecified atom stereocenters. The van der Waals surface area contributed by atoms with E-state index in [9.17, 15) is 4.79 Å². The number of aryl methyl sites for hydroxylation is 2. The molecule has 1 heterocycles. The highest BCUT2D eigenvalue weighted by Crippen LogP contribution is 2.20. The van der Waals surface area contributed by atoms with Gasteiger partial charge in [0.2, 0.25) is 5.91 Å². The van der Waals surface area contributed by atoms with E-state index in [1.165, 1.54) is 5.56 Å². The number of rotatable bonds is 3. The zero-order valence-electron chi connectivity index (χ0n) is 12.0. The number of nitrogens with two attached hydrogens (primary N) is 1. The van der Waals surface area contributed by atoms with Crippen molar-refractivity contribution in [1.82, 2.24) is 0 Å². The molecule has 0 aromatic heterocycles. The fourth-order valence-corrected chi connectivity index (χ4v) is 2.46. The van der Waals surface area contributed by atoms with Crippen LogP contribution in [-0.2, 0) is 9.53 Å². The lowest BCUT2D eigenvalue weighted by Crippen LogP contribution is -2.44. The first kappa shape index (κ1) is 17.0. The summed E-state index contributed by atoms with van der Waals surface area (Å²) >= 11 is 0. The molecular formula is C15H23ClN2O2.